The van der Waals surface area contributed by atoms with Gasteiger partial charge in [-0.15, -0.1) is 0 Å². The molecule has 8 nitrogen and oxygen atoms in total. The second-order valence-electron chi connectivity index (χ2n) is 7.37. The van der Waals surface area contributed by atoms with Gasteiger partial charge in [0.2, 0.25) is 15.9 Å². The van der Waals surface area contributed by atoms with E-state index in [0.717, 1.165) is 24.8 Å². The number of aryl methyl sites for hydroxylation is 1. The van der Waals surface area contributed by atoms with Crippen molar-refractivity contribution in [2.75, 3.05) is 32.1 Å². The number of hydrogen-bond acceptors (Lipinski definition) is 5. The normalized spacial score (nSPS) is 14.6. The Morgan fingerprint density at radius 3 is 2.48 bits per heavy atom. The molecule has 3 rings (SSSR count). The zero-order chi connectivity index (χ0) is 22.4. The van der Waals surface area contributed by atoms with E-state index in [1.807, 2.05) is 0 Å². The lowest BCUT2D eigenvalue weighted by molar-refractivity contribution is -0.115. The van der Waals surface area contributed by atoms with E-state index in [-0.39, 0.29) is 11.4 Å². The van der Waals surface area contributed by atoms with Gasteiger partial charge in [0.15, 0.2) is 0 Å². The van der Waals surface area contributed by atoms with Crippen molar-refractivity contribution in [3.63, 3.8) is 0 Å². The number of amides is 2. The van der Waals surface area contributed by atoms with E-state index < -0.39 is 21.8 Å². The third-order valence-corrected chi connectivity index (χ3v) is 7.09. The van der Waals surface area contributed by atoms with Crippen molar-refractivity contribution in [1.29, 1.82) is 0 Å². The Morgan fingerprint density at radius 2 is 1.77 bits per heavy atom. The van der Waals surface area contributed by atoms with Crippen LogP contribution in [0.4, 0.5) is 5.69 Å². The molecule has 1 aliphatic heterocycles. The van der Waals surface area contributed by atoms with Crippen LogP contribution in [-0.2, 0) is 14.8 Å². The van der Waals surface area contributed by atoms with Crippen LogP contribution in [0.15, 0.2) is 47.4 Å². The van der Waals surface area contributed by atoms with E-state index >= 15 is 0 Å². The zero-order valence-corrected chi connectivity index (χ0v) is 18.5. The van der Waals surface area contributed by atoms with Gasteiger partial charge in [-0.3, -0.25) is 9.59 Å². The summed E-state index contributed by atoms with van der Waals surface area (Å²) in [6, 6.07) is 11.4. The topological polar surface area (TPSA) is 105 Å². The predicted octanol–water partition coefficient (Wildman–Crippen LogP) is 2.55. The number of para-hydroxylation sites is 1. The number of rotatable bonds is 7. The molecule has 2 aromatic carbocycles. The molecule has 0 atom stereocenters. The van der Waals surface area contributed by atoms with E-state index in [2.05, 4.69) is 10.6 Å². The smallest absolute Gasteiger partial charge is 0.255 e. The highest BCUT2D eigenvalue weighted by Gasteiger charge is 2.26. The number of nitrogens with zero attached hydrogens (tertiary/aromatic N) is 1. The summed E-state index contributed by atoms with van der Waals surface area (Å²) in [5, 5.41) is 5.25. The van der Waals surface area contributed by atoms with Gasteiger partial charge in [-0.25, -0.2) is 8.42 Å². The molecule has 0 bridgehead atoms. The van der Waals surface area contributed by atoms with Gasteiger partial charge in [0.05, 0.1) is 24.1 Å². The first-order valence-electron chi connectivity index (χ1n) is 10.1. The molecule has 166 valence electrons. The maximum Gasteiger partial charge on any atom is 0.255 e. The Morgan fingerprint density at radius 1 is 1.06 bits per heavy atom. The molecule has 0 spiro atoms. The molecule has 0 radical (unpaired) electrons. The molecule has 2 N–H and O–H groups in total. The van der Waals surface area contributed by atoms with Crippen LogP contribution in [0.25, 0.3) is 0 Å². The van der Waals surface area contributed by atoms with Crippen molar-refractivity contribution in [2.45, 2.75) is 31.1 Å². The summed E-state index contributed by atoms with van der Waals surface area (Å²) < 4.78 is 32.5. The van der Waals surface area contributed by atoms with Gasteiger partial charge in [-0.05, 0) is 49.6 Å². The van der Waals surface area contributed by atoms with E-state index in [4.69, 9.17) is 4.74 Å². The highest BCUT2D eigenvalue weighted by Crippen LogP contribution is 2.25. The second kappa shape index (κ2) is 9.93. The van der Waals surface area contributed by atoms with Crippen molar-refractivity contribution in [3.8, 4) is 5.75 Å². The highest BCUT2D eigenvalue weighted by molar-refractivity contribution is 7.89. The van der Waals surface area contributed by atoms with E-state index in [1.54, 1.807) is 43.3 Å². The maximum absolute atomic E-state index is 12.9. The van der Waals surface area contributed by atoms with Gasteiger partial charge >= 0.3 is 0 Å². The molecule has 2 aromatic rings. The van der Waals surface area contributed by atoms with E-state index in [0.29, 0.717) is 30.1 Å². The van der Waals surface area contributed by atoms with Gasteiger partial charge < -0.3 is 15.4 Å². The Kier molecular flexibility index (Phi) is 7.29. The van der Waals surface area contributed by atoms with Crippen molar-refractivity contribution in [3.05, 3.63) is 53.6 Å². The third-order valence-electron chi connectivity index (χ3n) is 5.20. The van der Waals surface area contributed by atoms with Crippen LogP contribution in [-0.4, -0.2) is 51.3 Å². The molecule has 1 heterocycles. The Balaban J connectivity index is 1.67. The summed E-state index contributed by atoms with van der Waals surface area (Å²) in [5.74, 6) is -0.489. The lowest BCUT2D eigenvalue weighted by Crippen LogP contribution is -2.35. The number of sulfonamides is 1. The number of carbonyl (C=O) groups is 2. The lowest BCUT2D eigenvalue weighted by Gasteiger charge is -2.26. The predicted molar refractivity (Wildman–Crippen MR) is 118 cm³/mol. The molecular formula is C22H27N3O5S. The number of hydrogen-bond donors (Lipinski definition) is 2. The number of methoxy groups -OCH3 is 1. The molecule has 1 aliphatic rings. The first-order valence-corrected chi connectivity index (χ1v) is 11.6. The van der Waals surface area contributed by atoms with Gasteiger partial charge in [-0.2, -0.15) is 4.31 Å². The standard InChI is InChI=1S/C22H27N3O5S/c1-16-10-11-17(31(28,29)25-12-6-3-7-13-25)14-19(16)24-21(26)15-23-22(27)18-8-4-5-9-20(18)30-2/h4-5,8-11,14H,3,6-7,12-13,15H2,1-2H3,(H,23,27)(H,24,26). The first kappa shape index (κ1) is 22.8. The van der Waals surface area contributed by atoms with Crippen LogP contribution >= 0.6 is 0 Å². The maximum atomic E-state index is 12.9. The number of benzene rings is 2. The molecule has 1 saturated heterocycles. The minimum Gasteiger partial charge on any atom is -0.496 e. The minimum atomic E-state index is -3.61. The van der Waals surface area contributed by atoms with Crippen LogP contribution < -0.4 is 15.4 Å². The highest BCUT2D eigenvalue weighted by atomic mass is 32.2. The molecule has 9 heteroatoms. The number of nitrogens with one attached hydrogen (secondary N) is 2. The van der Waals surface area contributed by atoms with Crippen LogP contribution in [0.3, 0.4) is 0 Å². The average Bonchev–Trinajstić information content (AvgIpc) is 2.79. The lowest BCUT2D eigenvalue weighted by atomic mass is 10.2. The fourth-order valence-corrected chi connectivity index (χ4v) is 4.98. The molecular weight excluding hydrogens is 418 g/mol. The largest absolute Gasteiger partial charge is 0.496 e. The second-order valence-corrected chi connectivity index (χ2v) is 9.31. The number of piperidine rings is 1. The van der Waals surface area contributed by atoms with Crippen molar-refractivity contribution < 1.29 is 22.7 Å². The fraction of sp³-hybridized carbons (Fsp3) is 0.364. The SMILES string of the molecule is COc1ccccc1C(=O)NCC(=O)Nc1cc(S(=O)(=O)N2CCCCC2)ccc1C. The van der Waals surface area contributed by atoms with Crippen LogP contribution in [0.5, 0.6) is 5.75 Å². The van der Waals surface area contributed by atoms with Gasteiger partial charge in [0.25, 0.3) is 5.91 Å². The Hall–Kier alpha value is -2.91. The van der Waals surface area contributed by atoms with Gasteiger partial charge in [-0.1, -0.05) is 24.6 Å². The van der Waals surface area contributed by atoms with Crippen LogP contribution in [0.1, 0.15) is 35.2 Å². The molecule has 31 heavy (non-hydrogen) atoms. The molecule has 0 saturated carbocycles. The summed E-state index contributed by atoms with van der Waals surface area (Å²) in [6.45, 7) is 2.53. The molecule has 0 aromatic heterocycles. The number of anilines is 1. The van der Waals surface area contributed by atoms with Crippen molar-refractivity contribution in [1.82, 2.24) is 9.62 Å². The Labute approximate surface area is 182 Å². The number of carbonyl (C=O) groups excluding carboxylic acids is 2. The minimum absolute atomic E-state index is 0.147. The molecule has 2 amide bonds. The summed E-state index contributed by atoms with van der Waals surface area (Å²) in [7, 11) is -2.14. The van der Waals surface area contributed by atoms with Gasteiger partial charge in [0.1, 0.15) is 5.75 Å². The zero-order valence-electron chi connectivity index (χ0n) is 17.7. The monoisotopic (exact) mass is 445 g/mol. The summed E-state index contributed by atoms with van der Waals surface area (Å²) in [6.07, 6.45) is 2.73. The van der Waals surface area contributed by atoms with Crippen molar-refractivity contribution >= 4 is 27.5 Å². The summed E-state index contributed by atoms with van der Waals surface area (Å²) in [4.78, 5) is 24.9. The molecule has 0 aliphatic carbocycles. The van der Waals surface area contributed by atoms with Crippen LogP contribution in [0.2, 0.25) is 0 Å². The summed E-state index contributed by atoms with van der Waals surface area (Å²) >= 11 is 0. The van der Waals surface area contributed by atoms with Crippen molar-refractivity contribution in [2.24, 2.45) is 0 Å². The summed E-state index contributed by atoms with van der Waals surface area (Å²) in [5.41, 5.74) is 1.44. The third kappa shape index (κ3) is 5.42. The Bertz CT molecular complexity index is 1060. The average molecular weight is 446 g/mol. The first-order chi connectivity index (χ1) is 14.8. The quantitative estimate of drug-likeness (QED) is 0.682. The molecule has 1 fully saturated rings. The van der Waals surface area contributed by atoms with E-state index in [1.165, 1.54) is 17.5 Å². The fourth-order valence-electron chi connectivity index (χ4n) is 3.43. The number of ether oxygens (including phenoxy) is 1. The van der Waals surface area contributed by atoms with Gasteiger partial charge in [0, 0.05) is 18.8 Å². The van der Waals surface area contributed by atoms with E-state index in [9.17, 15) is 18.0 Å². The molecule has 0 unspecified atom stereocenters. The van der Waals surface area contributed by atoms with Crippen LogP contribution in [0, 0.1) is 6.92 Å².